The van der Waals surface area contributed by atoms with Crippen molar-refractivity contribution in [1.29, 1.82) is 0 Å². The third-order valence-corrected chi connectivity index (χ3v) is 6.16. The quantitative estimate of drug-likeness (QED) is 0.644. The summed E-state index contributed by atoms with van der Waals surface area (Å²) in [6, 6.07) is 0. The number of nitrogens with zero attached hydrogens (tertiary/aromatic N) is 7. The molecule has 1 aliphatic carbocycles. The van der Waals surface area contributed by atoms with Crippen molar-refractivity contribution in [3.8, 4) is 0 Å². The normalized spacial score (nSPS) is 20.9. The molecule has 0 radical (unpaired) electrons. The predicted octanol–water partition coefficient (Wildman–Crippen LogP) is 3.15. The van der Waals surface area contributed by atoms with Gasteiger partial charge in [-0.15, -0.1) is 5.73 Å². The van der Waals surface area contributed by atoms with Crippen molar-refractivity contribution in [2.24, 2.45) is 4.99 Å². The number of allylic oxidation sites excluding steroid dienone is 8. The van der Waals surface area contributed by atoms with E-state index in [1.807, 2.05) is 12.3 Å². The molecule has 2 fully saturated rings. The Morgan fingerprint density at radius 3 is 2.29 bits per heavy atom. The molecule has 8 heteroatoms. The van der Waals surface area contributed by atoms with E-state index in [0.717, 1.165) is 74.2 Å². The minimum Gasteiger partial charge on any atom is -0.378 e. The first kappa shape index (κ1) is 22.3. The number of rotatable bonds is 4. The van der Waals surface area contributed by atoms with Crippen LogP contribution in [0.4, 0.5) is 11.9 Å². The van der Waals surface area contributed by atoms with Crippen LogP contribution in [-0.2, 0) is 4.74 Å². The fourth-order valence-electron chi connectivity index (χ4n) is 4.36. The fraction of sp³-hybridized carbons (Fsp3) is 0.423. The Morgan fingerprint density at radius 2 is 1.53 bits per heavy atom. The molecule has 0 N–H and O–H groups in total. The van der Waals surface area contributed by atoms with Gasteiger partial charge in [0.2, 0.25) is 11.9 Å². The topological polar surface area (TPSA) is 70.0 Å². The van der Waals surface area contributed by atoms with E-state index in [-0.39, 0.29) is 0 Å². The molecule has 0 saturated carbocycles. The highest BCUT2D eigenvalue weighted by molar-refractivity contribution is 5.73. The molecule has 4 heterocycles. The summed E-state index contributed by atoms with van der Waals surface area (Å²) in [5.74, 6) is 3.12. The van der Waals surface area contributed by atoms with Crippen LogP contribution in [0.3, 0.4) is 0 Å². The van der Waals surface area contributed by atoms with Crippen molar-refractivity contribution in [2.75, 3.05) is 62.3 Å². The number of aliphatic imine (C=N–C) groups is 1. The van der Waals surface area contributed by atoms with Gasteiger partial charge >= 0.3 is 0 Å². The third kappa shape index (κ3) is 5.19. The Balaban J connectivity index is 1.43. The van der Waals surface area contributed by atoms with E-state index in [0.29, 0.717) is 25.0 Å². The van der Waals surface area contributed by atoms with Crippen molar-refractivity contribution in [3.05, 3.63) is 65.0 Å². The number of anilines is 2. The maximum Gasteiger partial charge on any atom is 0.230 e. The smallest absolute Gasteiger partial charge is 0.230 e. The zero-order valence-corrected chi connectivity index (χ0v) is 19.9. The first-order chi connectivity index (χ1) is 16.7. The van der Waals surface area contributed by atoms with Crippen LogP contribution in [-0.4, -0.2) is 78.5 Å². The average Bonchev–Trinajstić information content (AvgIpc) is 3.25. The van der Waals surface area contributed by atoms with E-state index in [4.69, 9.17) is 19.7 Å². The molecule has 2 saturated heterocycles. The highest BCUT2D eigenvalue weighted by Crippen LogP contribution is 2.24. The minimum atomic E-state index is 0.661. The number of hydrogen-bond acceptors (Lipinski definition) is 8. The number of aromatic nitrogens is 3. The highest BCUT2D eigenvalue weighted by Gasteiger charge is 2.24. The average molecular weight is 458 g/mol. The van der Waals surface area contributed by atoms with Gasteiger partial charge < -0.3 is 19.4 Å². The van der Waals surface area contributed by atoms with Crippen molar-refractivity contribution in [3.63, 3.8) is 0 Å². The molecule has 0 atom stereocenters. The maximum atomic E-state index is 5.55. The van der Waals surface area contributed by atoms with Crippen LogP contribution in [0.2, 0.25) is 0 Å². The van der Waals surface area contributed by atoms with E-state index < -0.39 is 0 Å². The Bertz CT molecular complexity index is 1140. The monoisotopic (exact) mass is 457 g/mol. The number of piperazine rings is 1. The van der Waals surface area contributed by atoms with Crippen molar-refractivity contribution >= 4 is 23.7 Å². The fourth-order valence-corrected chi connectivity index (χ4v) is 4.36. The molecule has 34 heavy (non-hydrogen) atoms. The van der Waals surface area contributed by atoms with Crippen LogP contribution < -0.4 is 9.80 Å². The lowest BCUT2D eigenvalue weighted by Crippen LogP contribution is -2.46. The molecule has 0 unspecified atom stereocenters. The van der Waals surface area contributed by atoms with Crippen LogP contribution >= 0.6 is 0 Å². The van der Waals surface area contributed by atoms with Gasteiger partial charge in [0.1, 0.15) is 5.82 Å². The van der Waals surface area contributed by atoms with Gasteiger partial charge in [-0.05, 0) is 43.2 Å². The maximum absolute atomic E-state index is 5.55. The Kier molecular flexibility index (Phi) is 6.70. The van der Waals surface area contributed by atoms with Gasteiger partial charge in [-0.2, -0.15) is 15.0 Å². The zero-order valence-electron chi connectivity index (χ0n) is 19.9. The van der Waals surface area contributed by atoms with Crippen LogP contribution in [0.15, 0.2) is 64.1 Å². The largest absolute Gasteiger partial charge is 0.378 e. The molecule has 1 aromatic heterocycles. The molecule has 176 valence electrons. The third-order valence-electron chi connectivity index (χ3n) is 6.16. The predicted molar refractivity (Wildman–Crippen MR) is 136 cm³/mol. The summed E-state index contributed by atoms with van der Waals surface area (Å²) in [6.07, 6.45) is 15.4. The number of morpholine rings is 1. The van der Waals surface area contributed by atoms with E-state index >= 15 is 0 Å². The summed E-state index contributed by atoms with van der Waals surface area (Å²) in [5, 5.41) is 0. The first-order valence-electron chi connectivity index (χ1n) is 12.0. The molecule has 4 aliphatic rings. The Morgan fingerprint density at radius 1 is 0.824 bits per heavy atom. The van der Waals surface area contributed by atoms with E-state index in [2.05, 4.69) is 69.7 Å². The lowest BCUT2D eigenvalue weighted by molar-refractivity contribution is 0.122. The van der Waals surface area contributed by atoms with Gasteiger partial charge in [0.15, 0.2) is 5.82 Å². The van der Waals surface area contributed by atoms with Crippen LogP contribution in [0.5, 0.6) is 0 Å². The summed E-state index contributed by atoms with van der Waals surface area (Å²) < 4.78 is 5.55. The van der Waals surface area contributed by atoms with Gasteiger partial charge in [0, 0.05) is 51.9 Å². The molecular weight excluding hydrogens is 426 g/mol. The molecule has 0 amide bonds. The van der Waals surface area contributed by atoms with Gasteiger partial charge in [-0.1, -0.05) is 18.2 Å². The second-order valence-corrected chi connectivity index (χ2v) is 8.81. The van der Waals surface area contributed by atoms with Gasteiger partial charge in [-0.25, -0.2) is 4.99 Å². The SMILES string of the molecule is CC1=CC(c2nc(N3CCOCC3)nc(N3CCN(C4=CC=CCC=N4)CC3)n2)=C=CC(C)=C1. The van der Waals surface area contributed by atoms with E-state index in [1.165, 1.54) is 0 Å². The zero-order chi connectivity index (χ0) is 23.3. The summed E-state index contributed by atoms with van der Waals surface area (Å²) in [7, 11) is 0. The molecular formula is C26H31N7O. The van der Waals surface area contributed by atoms with Crippen LogP contribution in [0, 0.1) is 0 Å². The second kappa shape index (κ2) is 10.2. The molecule has 8 nitrogen and oxygen atoms in total. The van der Waals surface area contributed by atoms with Crippen LogP contribution in [0.1, 0.15) is 26.1 Å². The number of ether oxygens (including phenoxy) is 1. The summed E-state index contributed by atoms with van der Waals surface area (Å²) in [4.78, 5) is 26.1. The minimum absolute atomic E-state index is 0.661. The molecule has 0 bridgehead atoms. The van der Waals surface area contributed by atoms with E-state index in [1.54, 1.807) is 0 Å². The van der Waals surface area contributed by atoms with E-state index in [9.17, 15) is 0 Å². The molecule has 3 aliphatic heterocycles. The first-order valence-corrected chi connectivity index (χ1v) is 12.0. The van der Waals surface area contributed by atoms with Gasteiger partial charge in [0.25, 0.3) is 0 Å². The van der Waals surface area contributed by atoms with Crippen molar-refractivity contribution in [1.82, 2.24) is 19.9 Å². The summed E-state index contributed by atoms with van der Waals surface area (Å²) in [5.41, 5.74) is 6.59. The Hall–Kier alpha value is -3.48. The highest BCUT2D eigenvalue weighted by atomic mass is 16.5. The summed E-state index contributed by atoms with van der Waals surface area (Å²) in [6.45, 7) is 10.5. The number of hydrogen-bond donors (Lipinski definition) is 0. The molecule has 0 aromatic carbocycles. The molecule has 5 rings (SSSR count). The second-order valence-electron chi connectivity index (χ2n) is 8.81. The van der Waals surface area contributed by atoms with Crippen molar-refractivity contribution < 1.29 is 4.74 Å². The Labute approximate surface area is 201 Å². The van der Waals surface area contributed by atoms with Gasteiger partial charge in [-0.3, -0.25) is 0 Å². The van der Waals surface area contributed by atoms with Crippen molar-refractivity contribution in [2.45, 2.75) is 20.3 Å². The van der Waals surface area contributed by atoms with Gasteiger partial charge in [0.05, 0.1) is 18.8 Å². The lowest BCUT2D eigenvalue weighted by atomic mass is 10.1. The van der Waals surface area contributed by atoms with Crippen LogP contribution in [0.25, 0.3) is 5.57 Å². The molecule has 0 spiro atoms. The standard InChI is InChI=1S/C26H31N7O/c1-20-7-8-22(19-21(2)18-20)24-28-25(30-26(29-24)33-14-16-34-17-15-33)32-12-10-31(11-13-32)23-6-4-3-5-9-27-23/h3-4,6-7,9,18-19H,5,10-17H2,1-2H3. The molecule has 1 aromatic rings. The summed E-state index contributed by atoms with van der Waals surface area (Å²) >= 11 is 0. The lowest BCUT2D eigenvalue weighted by Gasteiger charge is -2.36.